The van der Waals surface area contributed by atoms with Gasteiger partial charge in [-0.2, -0.15) is 0 Å². The quantitative estimate of drug-likeness (QED) is 0.803. The number of hydrogen-bond donors (Lipinski definition) is 1. The van der Waals surface area contributed by atoms with Gasteiger partial charge in [0.15, 0.2) is 0 Å². The summed E-state index contributed by atoms with van der Waals surface area (Å²) in [7, 11) is -3.86. The van der Waals surface area contributed by atoms with Crippen LogP contribution in [0.3, 0.4) is 0 Å². The van der Waals surface area contributed by atoms with Crippen LogP contribution in [0.1, 0.15) is 24.2 Å². The lowest BCUT2D eigenvalue weighted by molar-refractivity contribution is 0.0606. The highest BCUT2D eigenvalue weighted by molar-refractivity contribution is 7.49. The van der Waals surface area contributed by atoms with Crippen LogP contribution in [0.25, 0.3) is 0 Å². The molecule has 1 N–H and O–H groups in total. The van der Waals surface area contributed by atoms with Gasteiger partial charge in [-0.25, -0.2) is 9.36 Å². The second-order valence-corrected chi connectivity index (χ2v) is 4.80. The van der Waals surface area contributed by atoms with Crippen molar-refractivity contribution in [2.45, 2.75) is 13.8 Å². The normalized spacial score (nSPS) is 11.2. The SMILES string of the molecule is CCOP(=O)(OCC)OC(=O)c1ccc(O)cc1. The molecular formula is C11H15O6P. The predicted octanol–water partition coefficient (Wildman–Crippen LogP) is 2.73. The van der Waals surface area contributed by atoms with Crippen LogP contribution in [-0.2, 0) is 18.1 Å². The minimum Gasteiger partial charge on any atom is -0.508 e. The van der Waals surface area contributed by atoms with Crippen LogP contribution in [0.4, 0.5) is 0 Å². The number of phenols is 1. The molecule has 1 rings (SSSR count). The summed E-state index contributed by atoms with van der Waals surface area (Å²) in [5, 5.41) is 9.08. The van der Waals surface area contributed by atoms with Crippen molar-refractivity contribution in [1.29, 1.82) is 0 Å². The van der Waals surface area contributed by atoms with E-state index in [0.717, 1.165) is 0 Å². The van der Waals surface area contributed by atoms with E-state index < -0.39 is 13.8 Å². The molecule has 100 valence electrons. The highest BCUT2D eigenvalue weighted by atomic mass is 31.2. The highest BCUT2D eigenvalue weighted by Crippen LogP contribution is 2.49. The summed E-state index contributed by atoms with van der Waals surface area (Å²) in [6, 6.07) is 5.34. The molecule has 0 unspecified atom stereocenters. The second kappa shape index (κ2) is 6.54. The lowest BCUT2D eigenvalue weighted by atomic mass is 10.2. The zero-order valence-electron chi connectivity index (χ0n) is 10.2. The Hall–Kier alpha value is -1.36. The number of benzene rings is 1. The molecule has 18 heavy (non-hydrogen) atoms. The molecular weight excluding hydrogens is 259 g/mol. The molecule has 0 heterocycles. The molecule has 0 saturated carbocycles. The number of phosphoric ester groups is 1. The maximum absolute atomic E-state index is 11.9. The van der Waals surface area contributed by atoms with Crippen molar-refractivity contribution in [3.05, 3.63) is 29.8 Å². The largest absolute Gasteiger partial charge is 0.532 e. The number of carbonyl (C=O) groups is 1. The maximum Gasteiger partial charge on any atom is 0.532 e. The van der Waals surface area contributed by atoms with E-state index in [1.54, 1.807) is 13.8 Å². The van der Waals surface area contributed by atoms with Crippen molar-refractivity contribution in [2.24, 2.45) is 0 Å². The Balaban J connectivity index is 2.78. The van der Waals surface area contributed by atoms with E-state index in [-0.39, 0.29) is 24.5 Å². The van der Waals surface area contributed by atoms with Crippen LogP contribution in [-0.4, -0.2) is 24.3 Å². The summed E-state index contributed by atoms with van der Waals surface area (Å²) in [4.78, 5) is 11.7. The van der Waals surface area contributed by atoms with Gasteiger partial charge in [0.25, 0.3) is 0 Å². The van der Waals surface area contributed by atoms with Gasteiger partial charge < -0.3 is 9.63 Å². The van der Waals surface area contributed by atoms with Crippen LogP contribution < -0.4 is 0 Å². The van der Waals surface area contributed by atoms with E-state index in [0.29, 0.717) is 0 Å². The van der Waals surface area contributed by atoms with E-state index in [1.807, 2.05) is 0 Å². The van der Waals surface area contributed by atoms with Gasteiger partial charge in [-0.15, -0.1) is 0 Å². The first-order chi connectivity index (χ1) is 8.50. The smallest absolute Gasteiger partial charge is 0.508 e. The van der Waals surface area contributed by atoms with E-state index in [2.05, 4.69) is 0 Å². The minimum absolute atomic E-state index is 0.0179. The fourth-order valence-corrected chi connectivity index (χ4v) is 2.28. The van der Waals surface area contributed by atoms with Crippen LogP contribution >= 0.6 is 7.82 Å². The standard InChI is InChI=1S/C11H15O6P/c1-3-15-18(14,16-4-2)17-11(13)9-5-7-10(12)8-6-9/h5-8,12H,3-4H2,1-2H3. The van der Waals surface area contributed by atoms with Gasteiger partial charge in [0.1, 0.15) is 5.75 Å². The number of carbonyl (C=O) groups excluding carboxylic acids is 1. The molecule has 0 fully saturated rings. The van der Waals surface area contributed by atoms with Crippen LogP contribution in [0, 0.1) is 0 Å². The molecule has 7 heteroatoms. The Morgan fingerprint density at radius 2 is 1.67 bits per heavy atom. The van der Waals surface area contributed by atoms with Crippen molar-refractivity contribution >= 4 is 13.8 Å². The van der Waals surface area contributed by atoms with Gasteiger partial charge in [0.05, 0.1) is 18.8 Å². The molecule has 0 saturated heterocycles. The van der Waals surface area contributed by atoms with E-state index in [1.165, 1.54) is 24.3 Å². The fourth-order valence-electron chi connectivity index (χ4n) is 1.16. The van der Waals surface area contributed by atoms with E-state index in [9.17, 15) is 9.36 Å². The molecule has 0 aliphatic carbocycles. The Kier molecular flexibility index (Phi) is 5.34. The number of hydrogen-bond acceptors (Lipinski definition) is 6. The monoisotopic (exact) mass is 274 g/mol. The number of phenolic OH excluding ortho intramolecular Hbond substituents is 1. The van der Waals surface area contributed by atoms with E-state index in [4.69, 9.17) is 18.7 Å². The molecule has 1 aromatic carbocycles. The van der Waals surface area contributed by atoms with Crippen molar-refractivity contribution in [3.63, 3.8) is 0 Å². The second-order valence-electron chi connectivity index (χ2n) is 3.21. The summed E-state index contributed by atoms with van der Waals surface area (Å²) < 4.78 is 26.3. The minimum atomic E-state index is -3.86. The van der Waals surface area contributed by atoms with Gasteiger partial charge >= 0.3 is 13.8 Å². The molecule has 0 aliphatic heterocycles. The average Bonchev–Trinajstić information content (AvgIpc) is 2.30. The third-order valence-corrected chi connectivity index (χ3v) is 3.41. The molecule has 0 aromatic heterocycles. The van der Waals surface area contributed by atoms with E-state index >= 15 is 0 Å². The van der Waals surface area contributed by atoms with Crippen molar-refractivity contribution in [2.75, 3.05) is 13.2 Å². The Morgan fingerprint density at radius 3 is 2.11 bits per heavy atom. The zero-order valence-corrected chi connectivity index (χ0v) is 11.1. The van der Waals surface area contributed by atoms with Crippen molar-refractivity contribution < 1.29 is 28.0 Å². The van der Waals surface area contributed by atoms with Gasteiger partial charge in [-0.05, 0) is 38.1 Å². The molecule has 0 spiro atoms. The topological polar surface area (TPSA) is 82.1 Å². The first-order valence-electron chi connectivity index (χ1n) is 5.43. The summed E-state index contributed by atoms with van der Waals surface area (Å²) >= 11 is 0. The molecule has 0 amide bonds. The van der Waals surface area contributed by atoms with Crippen molar-refractivity contribution in [3.8, 4) is 5.75 Å². The molecule has 0 radical (unpaired) electrons. The number of phosphoric acid groups is 1. The molecule has 0 atom stereocenters. The summed E-state index contributed by atoms with van der Waals surface area (Å²) in [6.45, 7) is 3.42. The number of aromatic hydroxyl groups is 1. The molecule has 0 aliphatic rings. The number of rotatable bonds is 6. The Morgan fingerprint density at radius 1 is 1.17 bits per heavy atom. The maximum atomic E-state index is 11.9. The molecule has 0 bridgehead atoms. The summed E-state index contributed by atoms with van der Waals surface area (Å²) in [5.41, 5.74) is 0.146. The van der Waals surface area contributed by atoms with Crippen LogP contribution in [0.2, 0.25) is 0 Å². The summed E-state index contributed by atoms with van der Waals surface area (Å²) in [5.74, 6) is -0.815. The first kappa shape index (κ1) is 14.7. The third-order valence-electron chi connectivity index (χ3n) is 1.87. The Labute approximate surface area is 105 Å². The highest BCUT2D eigenvalue weighted by Gasteiger charge is 2.30. The average molecular weight is 274 g/mol. The lowest BCUT2D eigenvalue weighted by Gasteiger charge is -2.15. The molecule has 6 nitrogen and oxygen atoms in total. The zero-order chi connectivity index (χ0) is 13.6. The molecule has 1 aromatic rings. The van der Waals surface area contributed by atoms with Crippen LogP contribution in [0.15, 0.2) is 24.3 Å². The Bertz CT molecular complexity index is 431. The first-order valence-corrected chi connectivity index (χ1v) is 6.89. The lowest BCUT2D eigenvalue weighted by Crippen LogP contribution is -2.07. The fraction of sp³-hybridized carbons (Fsp3) is 0.364. The van der Waals surface area contributed by atoms with Gasteiger partial charge in [-0.1, -0.05) is 0 Å². The predicted molar refractivity (Wildman–Crippen MR) is 64.4 cm³/mol. The van der Waals surface area contributed by atoms with Crippen molar-refractivity contribution in [1.82, 2.24) is 0 Å². The van der Waals surface area contributed by atoms with Gasteiger partial charge in [0.2, 0.25) is 0 Å². The third kappa shape index (κ3) is 4.14. The van der Waals surface area contributed by atoms with Gasteiger partial charge in [0, 0.05) is 0 Å². The van der Waals surface area contributed by atoms with Gasteiger partial charge in [-0.3, -0.25) is 9.05 Å². The summed E-state index contributed by atoms with van der Waals surface area (Å²) in [6.07, 6.45) is 0. The van der Waals surface area contributed by atoms with Crippen LogP contribution in [0.5, 0.6) is 5.75 Å².